The van der Waals surface area contributed by atoms with Crippen LogP contribution in [0, 0.1) is 6.92 Å². The number of allylic oxidation sites excluding steroid dienone is 1. The van der Waals surface area contributed by atoms with E-state index in [4.69, 9.17) is 0 Å². The Hall–Kier alpha value is -1.54. The second-order valence-electron chi connectivity index (χ2n) is 5.47. The molecule has 1 aromatic carbocycles. The summed E-state index contributed by atoms with van der Waals surface area (Å²) in [6.45, 7) is 5.56. The van der Waals surface area contributed by atoms with Crippen LogP contribution in [0.1, 0.15) is 36.8 Å². The smallest absolute Gasteiger partial charge is 0.108 e. The third kappa shape index (κ3) is 2.74. The SMILES string of the molecule is C=C(O)/C=C(\CO)C1(c2ccc(C)cc2)CCCC1. The molecule has 0 radical (unpaired) electrons. The number of aryl methyl sites for hydroxylation is 1. The minimum absolute atomic E-state index is 0.0161. The molecule has 0 amide bonds. The highest BCUT2D eigenvalue weighted by Gasteiger charge is 2.38. The maximum absolute atomic E-state index is 9.70. The summed E-state index contributed by atoms with van der Waals surface area (Å²) in [6, 6.07) is 8.50. The molecule has 102 valence electrons. The number of hydrogen-bond donors (Lipinski definition) is 2. The zero-order valence-electron chi connectivity index (χ0n) is 11.5. The fourth-order valence-corrected chi connectivity index (χ4v) is 3.18. The van der Waals surface area contributed by atoms with E-state index in [0.717, 1.165) is 31.3 Å². The van der Waals surface area contributed by atoms with Crippen LogP contribution in [0.25, 0.3) is 0 Å². The number of rotatable bonds is 4. The Morgan fingerprint density at radius 3 is 2.32 bits per heavy atom. The minimum Gasteiger partial charge on any atom is -0.509 e. The van der Waals surface area contributed by atoms with Crippen LogP contribution in [0.2, 0.25) is 0 Å². The predicted molar refractivity (Wildman–Crippen MR) is 78.3 cm³/mol. The highest BCUT2D eigenvalue weighted by Crippen LogP contribution is 2.46. The molecule has 0 unspecified atom stereocenters. The normalized spacial score (nSPS) is 18.5. The first kappa shape index (κ1) is 13.9. The molecule has 0 aromatic heterocycles. The van der Waals surface area contributed by atoms with Gasteiger partial charge in [0.2, 0.25) is 0 Å². The molecule has 1 aliphatic carbocycles. The van der Waals surface area contributed by atoms with Gasteiger partial charge in [-0.3, -0.25) is 0 Å². The molecule has 19 heavy (non-hydrogen) atoms. The van der Waals surface area contributed by atoms with Crippen molar-refractivity contribution < 1.29 is 10.2 Å². The Balaban J connectivity index is 2.48. The third-order valence-corrected chi connectivity index (χ3v) is 4.19. The van der Waals surface area contributed by atoms with Crippen molar-refractivity contribution >= 4 is 0 Å². The van der Waals surface area contributed by atoms with E-state index in [2.05, 4.69) is 37.8 Å². The summed E-state index contributed by atoms with van der Waals surface area (Å²) in [7, 11) is 0. The van der Waals surface area contributed by atoms with Crippen LogP contribution in [0.5, 0.6) is 0 Å². The van der Waals surface area contributed by atoms with Gasteiger partial charge in [-0.2, -0.15) is 0 Å². The van der Waals surface area contributed by atoms with E-state index < -0.39 is 0 Å². The molecule has 2 nitrogen and oxygen atoms in total. The van der Waals surface area contributed by atoms with Gasteiger partial charge in [-0.05, 0) is 37.0 Å². The zero-order chi connectivity index (χ0) is 13.9. The Morgan fingerprint density at radius 2 is 1.84 bits per heavy atom. The van der Waals surface area contributed by atoms with E-state index in [1.54, 1.807) is 6.08 Å². The van der Waals surface area contributed by atoms with Crippen LogP contribution in [-0.2, 0) is 5.41 Å². The van der Waals surface area contributed by atoms with Gasteiger partial charge in [0, 0.05) is 5.41 Å². The summed E-state index contributed by atoms with van der Waals surface area (Å²) in [6.07, 6.45) is 5.99. The van der Waals surface area contributed by atoms with Crippen LogP contribution in [0.4, 0.5) is 0 Å². The molecule has 0 saturated heterocycles. The van der Waals surface area contributed by atoms with Crippen LogP contribution in [-0.4, -0.2) is 16.8 Å². The van der Waals surface area contributed by atoms with Crippen LogP contribution < -0.4 is 0 Å². The van der Waals surface area contributed by atoms with Gasteiger partial charge in [0.15, 0.2) is 0 Å². The standard InChI is InChI=1S/C17H22O2/c1-13-5-7-15(8-6-13)17(9-3-4-10-17)16(12-18)11-14(2)19/h5-8,11,18-19H,2-4,9-10,12H2,1H3/b16-11+. The van der Waals surface area contributed by atoms with E-state index in [9.17, 15) is 10.2 Å². The van der Waals surface area contributed by atoms with E-state index in [-0.39, 0.29) is 17.8 Å². The molecule has 0 bridgehead atoms. The van der Waals surface area contributed by atoms with Gasteiger partial charge in [-0.15, -0.1) is 0 Å². The molecule has 2 rings (SSSR count). The molecule has 0 atom stereocenters. The molecule has 2 N–H and O–H groups in total. The molecule has 1 aliphatic rings. The second kappa shape index (κ2) is 5.62. The van der Waals surface area contributed by atoms with Crippen molar-refractivity contribution in [2.45, 2.75) is 38.0 Å². The van der Waals surface area contributed by atoms with Crippen molar-refractivity contribution in [2.24, 2.45) is 0 Å². The molecular formula is C17H22O2. The van der Waals surface area contributed by atoms with Crippen molar-refractivity contribution in [3.8, 4) is 0 Å². The van der Waals surface area contributed by atoms with E-state index in [1.807, 2.05) is 0 Å². The average molecular weight is 258 g/mol. The summed E-state index contributed by atoms with van der Waals surface area (Å²) < 4.78 is 0. The van der Waals surface area contributed by atoms with Gasteiger partial charge in [0.25, 0.3) is 0 Å². The fraction of sp³-hybridized carbons (Fsp3) is 0.412. The fourth-order valence-electron chi connectivity index (χ4n) is 3.18. The lowest BCUT2D eigenvalue weighted by molar-refractivity contribution is 0.300. The van der Waals surface area contributed by atoms with E-state index >= 15 is 0 Å². The highest BCUT2D eigenvalue weighted by atomic mass is 16.3. The molecule has 0 aliphatic heterocycles. The predicted octanol–water partition coefficient (Wildman–Crippen LogP) is 3.80. The van der Waals surface area contributed by atoms with Gasteiger partial charge in [-0.1, -0.05) is 49.2 Å². The summed E-state index contributed by atoms with van der Waals surface area (Å²) in [5.74, 6) is 0.0161. The monoisotopic (exact) mass is 258 g/mol. The second-order valence-corrected chi connectivity index (χ2v) is 5.47. The Bertz CT molecular complexity index is 476. The Kier molecular flexibility index (Phi) is 4.11. The molecule has 1 aromatic rings. The number of aliphatic hydroxyl groups excluding tert-OH is 2. The summed E-state index contributed by atoms with van der Waals surface area (Å²) in [4.78, 5) is 0. The number of aliphatic hydroxyl groups is 2. The first-order chi connectivity index (χ1) is 9.08. The first-order valence-corrected chi connectivity index (χ1v) is 6.85. The van der Waals surface area contributed by atoms with Crippen molar-refractivity contribution in [1.82, 2.24) is 0 Å². The van der Waals surface area contributed by atoms with Crippen molar-refractivity contribution in [3.63, 3.8) is 0 Å². The van der Waals surface area contributed by atoms with Gasteiger partial charge in [0.05, 0.1) is 6.61 Å². The summed E-state index contributed by atoms with van der Waals surface area (Å²) in [5, 5.41) is 19.1. The van der Waals surface area contributed by atoms with Gasteiger partial charge < -0.3 is 10.2 Å². The quantitative estimate of drug-likeness (QED) is 0.637. The summed E-state index contributed by atoms with van der Waals surface area (Å²) in [5.41, 5.74) is 3.21. The Labute approximate surface area is 115 Å². The van der Waals surface area contributed by atoms with Crippen LogP contribution >= 0.6 is 0 Å². The van der Waals surface area contributed by atoms with Gasteiger partial charge in [-0.25, -0.2) is 0 Å². The van der Waals surface area contributed by atoms with Crippen LogP contribution in [0.3, 0.4) is 0 Å². The number of benzene rings is 1. The zero-order valence-corrected chi connectivity index (χ0v) is 11.5. The maximum atomic E-state index is 9.70. The highest BCUT2D eigenvalue weighted by molar-refractivity contribution is 5.41. The lowest BCUT2D eigenvalue weighted by Gasteiger charge is -2.32. The minimum atomic E-state index is -0.131. The first-order valence-electron chi connectivity index (χ1n) is 6.85. The van der Waals surface area contributed by atoms with Crippen LogP contribution in [0.15, 0.2) is 48.3 Å². The van der Waals surface area contributed by atoms with Gasteiger partial charge >= 0.3 is 0 Å². The maximum Gasteiger partial charge on any atom is 0.108 e. The number of hydrogen-bond acceptors (Lipinski definition) is 2. The third-order valence-electron chi connectivity index (χ3n) is 4.19. The molecule has 1 fully saturated rings. The van der Waals surface area contributed by atoms with Crippen molar-refractivity contribution in [1.29, 1.82) is 0 Å². The van der Waals surface area contributed by atoms with E-state index in [1.165, 1.54) is 11.1 Å². The van der Waals surface area contributed by atoms with Gasteiger partial charge in [0.1, 0.15) is 5.76 Å². The summed E-state index contributed by atoms with van der Waals surface area (Å²) >= 11 is 0. The molecule has 1 saturated carbocycles. The molecule has 0 heterocycles. The molecular weight excluding hydrogens is 236 g/mol. The topological polar surface area (TPSA) is 40.5 Å². The average Bonchev–Trinajstić information content (AvgIpc) is 2.87. The van der Waals surface area contributed by atoms with Crippen molar-refractivity contribution in [2.75, 3.05) is 6.61 Å². The molecule has 2 heteroatoms. The lowest BCUT2D eigenvalue weighted by Crippen LogP contribution is -2.27. The Morgan fingerprint density at radius 1 is 1.26 bits per heavy atom. The lowest BCUT2D eigenvalue weighted by atomic mass is 9.72. The van der Waals surface area contributed by atoms with Crippen molar-refractivity contribution in [3.05, 3.63) is 59.4 Å². The van der Waals surface area contributed by atoms with E-state index in [0.29, 0.717) is 0 Å². The largest absolute Gasteiger partial charge is 0.509 e. The molecule has 0 spiro atoms.